The number of nitrogens with zero attached hydrogens (tertiary/aromatic N) is 3. The molecule has 0 unspecified atom stereocenters. The molecule has 3 rings (SSSR count). The molecular weight excluding hydrogens is 482 g/mol. The van der Waals surface area contributed by atoms with Crippen molar-refractivity contribution >= 4 is 39.1 Å². The number of amides is 1. The smallest absolute Gasteiger partial charge is 0.422 e. The average molecular weight is 498 g/mol. The predicted molar refractivity (Wildman–Crippen MR) is 107 cm³/mol. The van der Waals surface area contributed by atoms with E-state index in [2.05, 4.69) is 9.72 Å². The van der Waals surface area contributed by atoms with Crippen LogP contribution in [-0.2, 0) is 10.0 Å². The number of aromatic nitrogens is 1. The van der Waals surface area contributed by atoms with Gasteiger partial charge >= 0.3 is 6.18 Å². The van der Waals surface area contributed by atoms with Crippen molar-refractivity contribution < 1.29 is 31.1 Å². The molecule has 0 bridgehead atoms. The standard InChI is InChI=1S/C18H16Cl2F3N3O4S/c19-13-1-3-14(4-2-13)31(28,29)26-7-5-25(6-8-26)17(27)12-9-15(20)16(24-10-12)30-11-18(21,22)23/h1-4,9-10H,5-8,11H2. The highest BCUT2D eigenvalue weighted by Crippen LogP contribution is 2.26. The van der Waals surface area contributed by atoms with E-state index in [9.17, 15) is 26.4 Å². The van der Waals surface area contributed by atoms with E-state index in [1.54, 1.807) is 0 Å². The number of pyridine rings is 1. The summed E-state index contributed by atoms with van der Waals surface area (Å²) in [6.07, 6.45) is -3.48. The molecule has 0 aliphatic carbocycles. The molecule has 1 fully saturated rings. The molecule has 1 saturated heterocycles. The Morgan fingerprint density at radius 2 is 1.71 bits per heavy atom. The van der Waals surface area contributed by atoms with Crippen LogP contribution >= 0.6 is 23.2 Å². The first-order valence-electron chi connectivity index (χ1n) is 8.87. The lowest BCUT2D eigenvalue weighted by Crippen LogP contribution is -2.50. The summed E-state index contributed by atoms with van der Waals surface area (Å²) in [5.74, 6) is -0.908. The third kappa shape index (κ3) is 5.79. The van der Waals surface area contributed by atoms with E-state index in [-0.39, 0.29) is 41.7 Å². The fourth-order valence-corrected chi connectivity index (χ4v) is 4.64. The molecule has 0 atom stereocenters. The van der Waals surface area contributed by atoms with Gasteiger partial charge in [0, 0.05) is 37.4 Å². The number of benzene rings is 1. The molecule has 0 spiro atoms. The minimum Gasteiger partial charge on any atom is -0.467 e. The van der Waals surface area contributed by atoms with Gasteiger partial charge in [-0.25, -0.2) is 13.4 Å². The van der Waals surface area contributed by atoms with Crippen LogP contribution in [0.3, 0.4) is 0 Å². The zero-order chi connectivity index (χ0) is 22.8. The van der Waals surface area contributed by atoms with Crippen molar-refractivity contribution in [1.29, 1.82) is 0 Å². The summed E-state index contributed by atoms with van der Waals surface area (Å²) in [5, 5.41) is 0.176. The SMILES string of the molecule is O=C(c1cnc(OCC(F)(F)F)c(Cl)c1)N1CCN(S(=O)(=O)c2ccc(Cl)cc2)CC1. The van der Waals surface area contributed by atoms with Crippen LogP contribution in [0.2, 0.25) is 10.0 Å². The molecule has 7 nitrogen and oxygen atoms in total. The van der Waals surface area contributed by atoms with Crippen molar-refractivity contribution in [2.45, 2.75) is 11.1 Å². The van der Waals surface area contributed by atoms with Crippen LogP contribution < -0.4 is 4.74 Å². The summed E-state index contributed by atoms with van der Waals surface area (Å²) < 4.78 is 68.0. The predicted octanol–water partition coefficient (Wildman–Crippen LogP) is 3.48. The molecular formula is C18H16Cl2F3N3O4S. The molecule has 0 radical (unpaired) electrons. The molecule has 31 heavy (non-hydrogen) atoms. The van der Waals surface area contributed by atoms with Crippen LogP contribution in [0.1, 0.15) is 10.4 Å². The first kappa shape index (κ1) is 23.6. The Labute approximate surface area is 186 Å². The van der Waals surface area contributed by atoms with Crippen molar-refractivity contribution in [2.75, 3.05) is 32.8 Å². The molecule has 1 aliphatic rings. The highest BCUT2D eigenvalue weighted by atomic mass is 35.5. The lowest BCUT2D eigenvalue weighted by molar-refractivity contribution is -0.154. The van der Waals surface area contributed by atoms with Crippen molar-refractivity contribution in [3.8, 4) is 5.88 Å². The first-order valence-corrected chi connectivity index (χ1v) is 11.1. The Bertz CT molecular complexity index is 1060. The maximum atomic E-state index is 12.7. The van der Waals surface area contributed by atoms with Gasteiger partial charge in [0.15, 0.2) is 6.61 Å². The molecule has 0 N–H and O–H groups in total. The van der Waals surface area contributed by atoms with Crippen LogP contribution in [0.25, 0.3) is 0 Å². The van der Waals surface area contributed by atoms with Gasteiger partial charge in [0.25, 0.3) is 5.91 Å². The summed E-state index contributed by atoms with van der Waals surface area (Å²) in [6.45, 7) is -1.17. The third-order valence-electron chi connectivity index (χ3n) is 4.40. The van der Waals surface area contributed by atoms with Crippen LogP contribution in [0.5, 0.6) is 5.88 Å². The second-order valence-electron chi connectivity index (χ2n) is 6.57. The minimum atomic E-state index is -4.55. The van der Waals surface area contributed by atoms with Gasteiger partial charge in [0.1, 0.15) is 5.02 Å². The molecule has 2 heterocycles. The maximum Gasteiger partial charge on any atom is 0.422 e. The van der Waals surface area contributed by atoms with E-state index >= 15 is 0 Å². The first-order chi connectivity index (χ1) is 14.5. The van der Waals surface area contributed by atoms with Crippen molar-refractivity contribution in [3.63, 3.8) is 0 Å². The molecule has 1 aliphatic heterocycles. The average Bonchev–Trinajstić information content (AvgIpc) is 2.72. The Kier molecular flexibility index (Phi) is 6.99. The van der Waals surface area contributed by atoms with Crippen molar-refractivity contribution in [1.82, 2.24) is 14.2 Å². The summed E-state index contributed by atoms with van der Waals surface area (Å²) >= 11 is 11.7. The zero-order valence-corrected chi connectivity index (χ0v) is 18.1. The van der Waals surface area contributed by atoms with Crippen molar-refractivity contribution in [2.24, 2.45) is 0 Å². The van der Waals surface area contributed by atoms with Gasteiger partial charge < -0.3 is 9.64 Å². The number of hydrogen-bond acceptors (Lipinski definition) is 5. The van der Waals surface area contributed by atoms with E-state index < -0.39 is 34.6 Å². The number of halogens is 5. The van der Waals surface area contributed by atoms with Crippen LogP contribution in [0.4, 0.5) is 13.2 Å². The number of ether oxygens (including phenoxy) is 1. The third-order valence-corrected chi connectivity index (χ3v) is 6.84. The van der Waals surface area contributed by atoms with Crippen LogP contribution in [-0.4, -0.2) is 67.5 Å². The normalized spacial score (nSPS) is 15.7. The summed E-state index contributed by atoms with van der Waals surface area (Å²) in [7, 11) is -3.73. The van der Waals surface area contributed by atoms with E-state index in [1.165, 1.54) is 39.5 Å². The summed E-state index contributed by atoms with van der Waals surface area (Å²) in [5.41, 5.74) is 0.0540. The number of hydrogen-bond donors (Lipinski definition) is 0. The molecule has 0 saturated carbocycles. The fraction of sp³-hybridized carbons (Fsp3) is 0.333. The van der Waals surface area contributed by atoms with Crippen LogP contribution in [0.15, 0.2) is 41.4 Å². The van der Waals surface area contributed by atoms with E-state index in [1.807, 2.05) is 0 Å². The Balaban J connectivity index is 1.63. The maximum absolute atomic E-state index is 12.7. The highest BCUT2D eigenvalue weighted by molar-refractivity contribution is 7.89. The Morgan fingerprint density at radius 1 is 1.10 bits per heavy atom. The number of piperazine rings is 1. The van der Waals surface area contributed by atoms with Gasteiger partial charge in [0.05, 0.1) is 10.5 Å². The Morgan fingerprint density at radius 3 is 2.26 bits per heavy atom. The quantitative estimate of drug-likeness (QED) is 0.631. The van der Waals surface area contributed by atoms with Gasteiger partial charge in [-0.2, -0.15) is 17.5 Å². The van der Waals surface area contributed by atoms with Crippen LogP contribution in [0, 0.1) is 0 Å². The molecule has 1 aromatic heterocycles. The number of carbonyl (C=O) groups excluding carboxylic acids is 1. The van der Waals surface area contributed by atoms with E-state index in [0.29, 0.717) is 5.02 Å². The second kappa shape index (κ2) is 9.19. The highest BCUT2D eigenvalue weighted by Gasteiger charge is 2.31. The number of rotatable bonds is 5. The monoisotopic (exact) mass is 497 g/mol. The second-order valence-corrected chi connectivity index (χ2v) is 9.35. The van der Waals surface area contributed by atoms with Gasteiger partial charge in [-0.3, -0.25) is 4.79 Å². The number of sulfonamides is 1. The van der Waals surface area contributed by atoms with Gasteiger partial charge in [-0.05, 0) is 30.3 Å². The Hall–Kier alpha value is -2.08. The number of alkyl halides is 3. The minimum absolute atomic E-state index is 0.0540. The van der Waals surface area contributed by atoms with E-state index in [4.69, 9.17) is 23.2 Å². The summed E-state index contributed by atoms with van der Waals surface area (Å²) in [6, 6.07) is 6.94. The molecule has 168 valence electrons. The molecule has 2 aromatic rings. The van der Waals surface area contributed by atoms with Gasteiger partial charge in [-0.15, -0.1) is 0 Å². The molecule has 1 amide bonds. The largest absolute Gasteiger partial charge is 0.467 e. The number of carbonyl (C=O) groups is 1. The fourth-order valence-electron chi connectivity index (χ4n) is 2.87. The van der Waals surface area contributed by atoms with Gasteiger partial charge in [-0.1, -0.05) is 23.2 Å². The van der Waals surface area contributed by atoms with E-state index in [0.717, 1.165) is 6.20 Å². The zero-order valence-electron chi connectivity index (χ0n) is 15.8. The summed E-state index contributed by atoms with van der Waals surface area (Å²) in [4.78, 5) is 17.9. The lowest BCUT2D eigenvalue weighted by Gasteiger charge is -2.34. The molecule has 13 heteroatoms. The van der Waals surface area contributed by atoms with Crippen molar-refractivity contribution in [3.05, 3.63) is 52.1 Å². The topological polar surface area (TPSA) is 79.8 Å². The lowest BCUT2D eigenvalue weighted by atomic mass is 10.2. The van der Waals surface area contributed by atoms with Gasteiger partial charge in [0.2, 0.25) is 15.9 Å². The molecule has 1 aromatic carbocycles.